The maximum Gasteiger partial charge on any atom is 0.253 e. The van der Waals surface area contributed by atoms with Gasteiger partial charge in [-0.2, -0.15) is 0 Å². The van der Waals surface area contributed by atoms with Crippen LogP contribution in [0.1, 0.15) is 23.2 Å². The molecule has 2 rings (SSSR count). The van der Waals surface area contributed by atoms with Crippen molar-refractivity contribution in [3.8, 4) is 0 Å². The van der Waals surface area contributed by atoms with Gasteiger partial charge in [0.1, 0.15) is 0 Å². The van der Waals surface area contributed by atoms with Gasteiger partial charge in [-0.15, -0.1) is 0 Å². The number of benzene rings is 1. The zero-order valence-corrected chi connectivity index (χ0v) is 13.9. The molecule has 1 aliphatic heterocycles. The summed E-state index contributed by atoms with van der Waals surface area (Å²) in [6.07, 6.45) is 1.74. The number of amides is 2. The van der Waals surface area contributed by atoms with Crippen LogP contribution in [0, 0.1) is 5.92 Å². The first-order valence-electron chi connectivity index (χ1n) is 7.68. The van der Waals surface area contributed by atoms with Crippen LogP contribution < -0.4 is 4.90 Å². The molecule has 2 amide bonds. The third-order valence-electron chi connectivity index (χ3n) is 4.13. The Kier molecular flexibility index (Phi) is 5.06. The van der Waals surface area contributed by atoms with Crippen molar-refractivity contribution in [2.24, 2.45) is 5.92 Å². The van der Waals surface area contributed by atoms with Crippen molar-refractivity contribution in [2.75, 3.05) is 46.2 Å². The molecule has 120 valence electrons. The fraction of sp³-hybridized carbons (Fsp3) is 0.529. The highest BCUT2D eigenvalue weighted by Gasteiger charge is 2.29. The minimum Gasteiger partial charge on any atom is -0.378 e. The van der Waals surface area contributed by atoms with Gasteiger partial charge in [0.05, 0.1) is 5.92 Å². The van der Waals surface area contributed by atoms with Crippen LogP contribution >= 0.6 is 0 Å². The second kappa shape index (κ2) is 6.81. The monoisotopic (exact) mass is 303 g/mol. The Morgan fingerprint density at radius 2 is 1.73 bits per heavy atom. The quantitative estimate of drug-likeness (QED) is 0.853. The molecule has 0 saturated carbocycles. The van der Waals surface area contributed by atoms with E-state index < -0.39 is 0 Å². The molecular weight excluding hydrogens is 278 g/mol. The zero-order valence-electron chi connectivity index (χ0n) is 13.9. The lowest BCUT2D eigenvalue weighted by Crippen LogP contribution is -2.45. The lowest BCUT2D eigenvalue weighted by atomic mass is 9.96. The van der Waals surface area contributed by atoms with Gasteiger partial charge in [0.2, 0.25) is 5.91 Å². The van der Waals surface area contributed by atoms with Crippen molar-refractivity contribution in [2.45, 2.75) is 12.8 Å². The predicted molar refractivity (Wildman–Crippen MR) is 88.1 cm³/mol. The maximum absolute atomic E-state index is 12.6. The average molecular weight is 303 g/mol. The normalized spacial score (nSPS) is 18.0. The summed E-state index contributed by atoms with van der Waals surface area (Å²) in [6, 6.07) is 7.60. The van der Waals surface area contributed by atoms with Crippen LogP contribution in [-0.2, 0) is 4.79 Å². The summed E-state index contributed by atoms with van der Waals surface area (Å²) < 4.78 is 0. The second-order valence-corrected chi connectivity index (χ2v) is 6.26. The van der Waals surface area contributed by atoms with Gasteiger partial charge in [0.25, 0.3) is 5.91 Å². The minimum absolute atomic E-state index is 0.0153. The highest BCUT2D eigenvalue weighted by atomic mass is 16.2. The van der Waals surface area contributed by atoms with Crippen molar-refractivity contribution in [3.63, 3.8) is 0 Å². The van der Waals surface area contributed by atoms with Gasteiger partial charge < -0.3 is 14.7 Å². The molecule has 0 spiro atoms. The van der Waals surface area contributed by atoms with Crippen molar-refractivity contribution >= 4 is 17.5 Å². The lowest BCUT2D eigenvalue weighted by Gasteiger charge is -2.33. The molecule has 0 N–H and O–H groups in total. The van der Waals surface area contributed by atoms with Gasteiger partial charge in [-0.25, -0.2) is 0 Å². The standard InChI is InChI=1S/C17H25N3O2/c1-18(2)15-9-7-13(8-10-15)17(22)20-11-5-6-14(12-20)16(21)19(3)4/h7-10,14H,5-6,11-12H2,1-4H3/t14-/m0/s1. The van der Waals surface area contributed by atoms with E-state index in [4.69, 9.17) is 0 Å². The Morgan fingerprint density at radius 1 is 1.09 bits per heavy atom. The molecule has 5 nitrogen and oxygen atoms in total. The summed E-state index contributed by atoms with van der Waals surface area (Å²) >= 11 is 0. The van der Waals surface area contributed by atoms with E-state index in [1.807, 2.05) is 43.3 Å². The SMILES string of the molecule is CN(C)C(=O)[C@H]1CCCN(C(=O)c2ccc(N(C)C)cc2)C1. The summed E-state index contributed by atoms with van der Waals surface area (Å²) in [5.41, 5.74) is 1.75. The summed E-state index contributed by atoms with van der Waals surface area (Å²) in [7, 11) is 7.48. The average Bonchev–Trinajstić information content (AvgIpc) is 2.53. The number of likely N-dealkylation sites (tertiary alicyclic amines) is 1. The number of nitrogens with zero attached hydrogens (tertiary/aromatic N) is 3. The van der Waals surface area contributed by atoms with E-state index in [0.29, 0.717) is 12.1 Å². The van der Waals surface area contributed by atoms with E-state index >= 15 is 0 Å². The molecule has 0 unspecified atom stereocenters. The van der Waals surface area contributed by atoms with Crippen LogP contribution in [-0.4, -0.2) is 62.9 Å². The van der Waals surface area contributed by atoms with E-state index in [1.54, 1.807) is 23.9 Å². The van der Waals surface area contributed by atoms with E-state index in [0.717, 1.165) is 25.1 Å². The molecule has 1 aromatic rings. The minimum atomic E-state index is -0.0752. The van der Waals surface area contributed by atoms with Gasteiger partial charge in [0, 0.05) is 52.5 Å². The van der Waals surface area contributed by atoms with Gasteiger partial charge in [-0.3, -0.25) is 9.59 Å². The Morgan fingerprint density at radius 3 is 2.27 bits per heavy atom. The van der Waals surface area contributed by atoms with E-state index in [-0.39, 0.29) is 17.7 Å². The Bertz CT molecular complexity index is 537. The van der Waals surface area contributed by atoms with Crippen molar-refractivity contribution in [1.29, 1.82) is 0 Å². The molecule has 0 radical (unpaired) electrons. The van der Waals surface area contributed by atoms with Crippen molar-refractivity contribution in [1.82, 2.24) is 9.80 Å². The molecule has 1 aliphatic rings. The molecule has 0 aliphatic carbocycles. The van der Waals surface area contributed by atoms with Crippen LogP contribution in [0.4, 0.5) is 5.69 Å². The lowest BCUT2D eigenvalue weighted by molar-refractivity contribution is -0.134. The highest BCUT2D eigenvalue weighted by Crippen LogP contribution is 2.21. The molecule has 22 heavy (non-hydrogen) atoms. The highest BCUT2D eigenvalue weighted by molar-refractivity contribution is 5.95. The summed E-state index contributed by atoms with van der Waals surface area (Å²) in [5.74, 6) is 0.0516. The smallest absolute Gasteiger partial charge is 0.253 e. The number of anilines is 1. The van der Waals surface area contributed by atoms with E-state index in [9.17, 15) is 9.59 Å². The molecule has 5 heteroatoms. The van der Waals surface area contributed by atoms with Gasteiger partial charge in [0.15, 0.2) is 0 Å². The summed E-state index contributed by atoms with van der Waals surface area (Å²) in [5, 5.41) is 0. The van der Waals surface area contributed by atoms with Crippen molar-refractivity contribution < 1.29 is 9.59 Å². The maximum atomic E-state index is 12.6. The number of carbonyl (C=O) groups excluding carboxylic acids is 2. The third kappa shape index (κ3) is 3.59. The molecule has 1 aromatic carbocycles. The number of rotatable bonds is 3. The molecule has 1 saturated heterocycles. The summed E-state index contributed by atoms with van der Waals surface area (Å²) in [4.78, 5) is 30.1. The van der Waals surface area contributed by atoms with Crippen LogP contribution in [0.3, 0.4) is 0 Å². The van der Waals surface area contributed by atoms with Crippen LogP contribution in [0.25, 0.3) is 0 Å². The zero-order chi connectivity index (χ0) is 16.3. The third-order valence-corrected chi connectivity index (χ3v) is 4.13. The number of hydrogen-bond donors (Lipinski definition) is 0. The van der Waals surface area contributed by atoms with Crippen molar-refractivity contribution in [3.05, 3.63) is 29.8 Å². The predicted octanol–water partition coefficient (Wildman–Crippen LogP) is 1.69. The Labute approximate surface area is 132 Å². The Balaban J connectivity index is 2.07. The molecule has 0 bridgehead atoms. The molecular formula is C17H25N3O2. The Hall–Kier alpha value is -2.04. The van der Waals surface area contributed by atoms with Gasteiger partial charge in [-0.05, 0) is 37.1 Å². The van der Waals surface area contributed by atoms with Crippen LogP contribution in [0.15, 0.2) is 24.3 Å². The van der Waals surface area contributed by atoms with Gasteiger partial charge >= 0.3 is 0 Å². The number of carbonyl (C=O) groups is 2. The van der Waals surface area contributed by atoms with Crippen LogP contribution in [0.2, 0.25) is 0 Å². The molecule has 1 atom stereocenters. The first kappa shape index (κ1) is 16.3. The van der Waals surface area contributed by atoms with Gasteiger partial charge in [-0.1, -0.05) is 0 Å². The molecule has 1 heterocycles. The number of hydrogen-bond acceptors (Lipinski definition) is 3. The summed E-state index contributed by atoms with van der Waals surface area (Å²) in [6.45, 7) is 1.25. The molecule has 0 aromatic heterocycles. The van der Waals surface area contributed by atoms with E-state index in [2.05, 4.69) is 0 Å². The fourth-order valence-corrected chi connectivity index (χ4v) is 2.81. The molecule has 1 fully saturated rings. The van der Waals surface area contributed by atoms with Crippen LogP contribution in [0.5, 0.6) is 0 Å². The first-order chi connectivity index (χ1) is 10.4. The number of piperidine rings is 1. The second-order valence-electron chi connectivity index (χ2n) is 6.26. The first-order valence-corrected chi connectivity index (χ1v) is 7.68. The topological polar surface area (TPSA) is 43.9 Å². The van der Waals surface area contributed by atoms with E-state index in [1.165, 1.54) is 0 Å². The largest absolute Gasteiger partial charge is 0.378 e. The fourth-order valence-electron chi connectivity index (χ4n) is 2.81.